The summed E-state index contributed by atoms with van der Waals surface area (Å²) in [5, 5.41) is 19.4. The van der Waals surface area contributed by atoms with Crippen LogP contribution in [0.3, 0.4) is 0 Å². The molecule has 1 aromatic rings. The van der Waals surface area contributed by atoms with Gasteiger partial charge in [-0.15, -0.1) is 11.8 Å². The largest absolute Gasteiger partial charge is 0.445 e. The maximum absolute atomic E-state index is 12.4. The fraction of sp³-hybridized carbons (Fsp3) is 0.471. The Labute approximate surface area is 172 Å². The number of benzene rings is 1. The molecule has 0 spiro atoms. The van der Waals surface area contributed by atoms with Crippen LogP contribution in [-0.4, -0.2) is 63.1 Å². The Kier molecular flexibility index (Phi) is 7.95. The number of nitrogens with zero attached hydrogens (tertiary/aromatic N) is 4. The number of nitro benzene ring substituents is 1. The molecule has 0 radical (unpaired) electrons. The quantitative estimate of drug-likeness (QED) is 0.235. The number of carbonyl (C=O) groups excluding carboxylic acids is 2. The minimum absolute atomic E-state index is 0.00980. The maximum Gasteiger partial charge on any atom is 0.410 e. The third kappa shape index (κ3) is 6.03. The second kappa shape index (κ2) is 10.2. The van der Waals surface area contributed by atoms with Crippen LogP contribution in [0.4, 0.5) is 10.5 Å². The van der Waals surface area contributed by atoms with Gasteiger partial charge >= 0.3 is 6.09 Å². The first-order valence-electron chi connectivity index (χ1n) is 8.40. The topological polar surface area (TPSA) is 117 Å². The van der Waals surface area contributed by atoms with Gasteiger partial charge in [-0.3, -0.25) is 19.8 Å². The van der Waals surface area contributed by atoms with E-state index in [4.69, 9.17) is 10.00 Å². The number of likely N-dealkylation sites (tertiary alicyclic amines) is 1. The van der Waals surface area contributed by atoms with E-state index in [0.717, 1.165) is 4.90 Å². The number of thiol groups is 1. The Bertz CT molecular complexity index is 768. The van der Waals surface area contributed by atoms with E-state index < -0.39 is 11.0 Å². The highest BCUT2D eigenvalue weighted by Gasteiger charge is 2.34. The number of ether oxygens (including phenoxy) is 1. The van der Waals surface area contributed by atoms with Crippen LogP contribution < -0.4 is 0 Å². The van der Waals surface area contributed by atoms with Crippen LogP contribution >= 0.6 is 24.4 Å². The van der Waals surface area contributed by atoms with Gasteiger partial charge in [0.15, 0.2) is 6.19 Å². The Balaban J connectivity index is 1.85. The van der Waals surface area contributed by atoms with Gasteiger partial charge < -0.3 is 9.64 Å². The monoisotopic (exact) mass is 424 g/mol. The molecule has 1 heterocycles. The van der Waals surface area contributed by atoms with Crippen molar-refractivity contribution in [2.45, 2.75) is 24.3 Å². The number of non-ortho nitro benzene ring substituents is 1. The number of carbonyl (C=O) groups is 2. The van der Waals surface area contributed by atoms with Crippen molar-refractivity contribution < 1.29 is 19.2 Å². The molecular formula is C17H20N4O5S2. The van der Waals surface area contributed by atoms with Crippen molar-refractivity contribution in [1.82, 2.24) is 9.80 Å². The van der Waals surface area contributed by atoms with E-state index in [0.29, 0.717) is 24.3 Å². The predicted molar refractivity (Wildman–Crippen MR) is 107 cm³/mol. The molecule has 0 N–H and O–H groups in total. The van der Waals surface area contributed by atoms with Gasteiger partial charge in [0, 0.05) is 42.8 Å². The Morgan fingerprint density at radius 3 is 2.75 bits per heavy atom. The number of rotatable bonds is 7. The zero-order valence-corrected chi connectivity index (χ0v) is 16.9. The van der Waals surface area contributed by atoms with Gasteiger partial charge in [0.2, 0.25) is 5.91 Å². The second-order valence-corrected chi connectivity index (χ2v) is 8.00. The SMILES string of the molecule is CN(C#N)C(=O)CSC[C@@H]1C[C@H](S)CN1C(=O)OCc1ccc([N+](=O)[O-])cc1. The molecule has 150 valence electrons. The molecule has 9 nitrogen and oxygen atoms in total. The standard InChI is InChI=1S/C17H20N4O5S2/c1-19(11-18)16(22)10-28-9-14-6-15(27)7-20(14)17(23)26-8-12-2-4-13(5-3-12)21(24)25/h2-5,14-15,27H,6-10H2,1H3/t14-,15-/m0/s1. The molecule has 0 aromatic heterocycles. The average molecular weight is 425 g/mol. The summed E-state index contributed by atoms with van der Waals surface area (Å²) < 4.78 is 5.33. The van der Waals surface area contributed by atoms with Crippen LogP contribution in [0, 0.1) is 21.6 Å². The molecule has 2 rings (SSSR count). The van der Waals surface area contributed by atoms with Gasteiger partial charge in [0.25, 0.3) is 5.69 Å². The Hall–Kier alpha value is -2.45. The number of hydrogen-bond acceptors (Lipinski definition) is 8. The Morgan fingerprint density at radius 2 is 2.14 bits per heavy atom. The van der Waals surface area contributed by atoms with E-state index in [2.05, 4.69) is 12.6 Å². The number of thioether (sulfide) groups is 1. The normalized spacial score (nSPS) is 18.4. The summed E-state index contributed by atoms with van der Waals surface area (Å²) in [7, 11) is 1.41. The lowest BCUT2D eigenvalue weighted by atomic mass is 10.2. The van der Waals surface area contributed by atoms with Crippen LogP contribution in [-0.2, 0) is 16.1 Å². The van der Waals surface area contributed by atoms with Crippen molar-refractivity contribution in [3.63, 3.8) is 0 Å². The third-order valence-corrected chi connectivity index (χ3v) is 5.64. The molecule has 0 unspecified atom stereocenters. The van der Waals surface area contributed by atoms with Gasteiger partial charge in [-0.05, 0) is 24.1 Å². The summed E-state index contributed by atoms with van der Waals surface area (Å²) in [6.45, 7) is 0.454. The molecule has 0 saturated carbocycles. The van der Waals surface area contributed by atoms with E-state index in [-0.39, 0.29) is 35.2 Å². The fourth-order valence-electron chi connectivity index (χ4n) is 2.65. The molecule has 28 heavy (non-hydrogen) atoms. The molecular weight excluding hydrogens is 404 g/mol. The molecule has 1 aromatic carbocycles. The van der Waals surface area contributed by atoms with Crippen molar-refractivity contribution in [2.24, 2.45) is 0 Å². The molecule has 0 bridgehead atoms. The number of amides is 2. The van der Waals surface area contributed by atoms with Crippen molar-refractivity contribution in [3.8, 4) is 6.19 Å². The summed E-state index contributed by atoms with van der Waals surface area (Å²) in [6, 6.07) is 5.69. The van der Waals surface area contributed by atoms with Gasteiger partial charge in [-0.2, -0.15) is 17.9 Å². The summed E-state index contributed by atoms with van der Waals surface area (Å²) in [4.78, 5) is 36.8. The highest BCUT2D eigenvalue weighted by Crippen LogP contribution is 2.26. The number of hydrogen-bond donors (Lipinski definition) is 1. The molecule has 1 aliphatic rings. The summed E-state index contributed by atoms with van der Waals surface area (Å²) in [6.07, 6.45) is 1.96. The molecule has 11 heteroatoms. The van der Waals surface area contributed by atoms with Crippen LogP contribution in [0.15, 0.2) is 24.3 Å². The molecule has 2 atom stereocenters. The van der Waals surface area contributed by atoms with E-state index >= 15 is 0 Å². The van der Waals surface area contributed by atoms with Crippen LogP contribution in [0.25, 0.3) is 0 Å². The maximum atomic E-state index is 12.4. The second-order valence-electron chi connectivity index (χ2n) is 6.24. The lowest BCUT2D eigenvalue weighted by Crippen LogP contribution is -2.38. The third-order valence-electron chi connectivity index (χ3n) is 4.20. The van der Waals surface area contributed by atoms with Crippen molar-refractivity contribution >= 4 is 42.1 Å². The molecule has 0 aliphatic carbocycles. The molecule has 1 aliphatic heterocycles. The summed E-state index contributed by atoms with van der Waals surface area (Å²) in [5.74, 6) is 0.401. The number of nitriles is 1. The van der Waals surface area contributed by atoms with Gasteiger partial charge in [0.05, 0.1) is 10.7 Å². The lowest BCUT2D eigenvalue weighted by molar-refractivity contribution is -0.384. The van der Waals surface area contributed by atoms with Crippen molar-refractivity contribution in [1.29, 1.82) is 5.26 Å². The van der Waals surface area contributed by atoms with Crippen molar-refractivity contribution in [2.75, 3.05) is 25.1 Å². The van der Waals surface area contributed by atoms with Crippen molar-refractivity contribution in [3.05, 3.63) is 39.9 Å². The van der Waals surface area contributed by atoms with Gasteiger partial charge in [-0.1, -0.05) is 0 Å². The van der Waals surface area contributed by atoms with Crippen LogP contribution in [0.1, 0.15) is 12.0 Å². The zero-order valence-electron chi connectivity index (χ0n) is 15.2. The van der Waals surface area contributed by atoms with Crippen LogP contribution in [0.2, 0.25) is 0 Å². The Morgan fingerprint density at radius 1 is 1.46 bits per heavy atom. The van der Waals surface area contributed by atoms with E-state index in [9.17, 15) is 19.7 Å². The molecule has 2 amide bonds. The molecule has 1 saturated heterocycles. The van der Waals surface area contributed by atoms with E-state index in [1.165, 1.54) is 30.9 Å². The summed E-state index contributed by atoms with van der Waals surface area (Å²) in [5.41, 5.74) is 0.623. The minimum atomic E-state index is -0.492. The van der Waals surface area contributed by atoms with E-state index in [1.807, 2.05) is 0 Å². The predicted octanol–water partition coefficient (Wildman–Crippen LogP) is 2.28. The smallest absolute Gasteiger partial charge is 0.410 e. The summed E-state index contributed by atoms with van der Waals surface area (Å²) >= 11 is 5.80. The molecule has 1 fully saturated rings. The van der Waals surface area contributed by atoms with E-state index in [1.54, 1.807) is 23.2 Å². The minimum Gasteiger partial charge on any atom is -0.445 e. The fourth-order valence-corrected chi connectivity index (χ4v) is 4.14. The van der Waals surface area contributed by atoms with Crippen LogP contribution in [0.5, 0.6) is 0 Å². The lowest BCUT2D eigenvalue weighted by Gasteiger charge is -2.23. The first kappa shape index (κ1) is 21.8. The first-order valence-corrected chi connectivity index (χ1v) is 10.1. The zero-order chi connectivity index (χ0) is 20.7. The van der Waals surface area contributed by atoms with Gasteiger partial charge in [0.1, 0.15) is 6.61 Å². The average Bonchev–Trinajstić information content (AvgIpc) is 3.06. The van der Waals surface area contributed by atoms with Gasteiger partial charge in [-0.25, -0.2) is 4.79 Å². The highest BCUT2D eigenvalue weighted by atomic mass is 32.2. The highest BCUT2D eigenvalue weighted by molar-refractivity contribution is 8.00. The first-order chi connectivity index (χ1) is 13.3. The number of nitro groups is 1.